The van der Waals surface area contributed by atoms with E-state index in [9.17, 15) is 0 Å². The van der Waals surface area contributed by atoms with Gasteiger partial charge < -0.3 is 14.8 Å². The number of rotatable bonds is 6. The summed E-state index contributed by atoms with van der Waals surface area (Å²) in [5.41, 5.74) is 2.69. The van der Waals surface area contributed by atoms with Crippen molar-refractivity contribution in [3.63, 3.8) is 0 Å². The molecule has 0 bridgehead atoms. The standard InChI is InChI=1S/C14H21NO2/c1-3-16-8-12-6-4-5-7-13(12)15-9-14(2)10-17-11-14/h4-7,15H,3,8-11H2,1-2H3. The van der Waals surface area contributed by atoms with E-state index in [1.54, 1.807) is 0 Å². The van der Waals surface area contributed by atoms with Gasteiger partial charge >= 0.3 is 0 Å². The Morgan fingerprint density at radius 2 is 2.12 bits per heavy atom. The van der Waals surface area contributed by atoms with Crippen LogP contribution in [0.25, 0.3) is 0 Å². The van der Waals surface area contributed by atoms with Crippen LogP contribution < -0.4 is 5.32 Å². The first-order valence-electron chi connectivity index (χ1n) is 6.21. The van der Waals surface area contributed by atoms with E-state index in [2.05, 4.69) is 30.4 Å². The van der Waals surface area contributed by atoms with Crippen LogP contribution in [0.4, 0.5) is 5.69 Å². The summed E-state index contributed by atoms with van der Waals surface area (Å²) in [6.07, 6.45) is 0. The molecule has 94 valence electrons. The first-order valence-corrected chi connectivity index (χ1v) is 6.21. The average molecular weight is 235 g/mol. The van der Waals surface area contributed by atoms with Crippen LogP contribution >= 0.6 is 0 Å². The molecule has 0 atom stereocenters. The Hall–Kier alpha value is -1.06. The van der Waals surface area contributed by atoms with Gasteiger partial charge in [0.05, 0.1) is 19.8 Å². The van der Waals surface area contributed by atoms with Crippen LogP contribution in [0, 0.1) is 5.41 Å². The van der Waals surface area contributed by atoms with Crippen molar-refractivity contribution >= 4 is 5.69 Å². The van der Waals surface area contributed by atoms with E-state index in [0.29, 0.717) is 12.0 Å². The lowest BCUT2D eigenvalue weighted by Gasteiger charge is -2.38. The molecule has 1 aromatic rings. The van der Waals surface area contributed by atoms with Gasteiger partial charge in [-0.1, -0.05) is 25.1 Å². The van der Waals surface area contributed by atoms with Gasteiger partial charge in [0.15, 0.2) is 0 Å². The molecule has 0 radical (unpaired) electrons. The number of anilines is 1. The highest BCUT2D eigenvalue weighted by molar-refractivity contribution is 5.51. The van der Waals surface area contributed by atoms with Crippen LogP contribution in [0.2, 0.25) is 0 Å². The van der Waals surface area contributed by atoms with Gasteiger partial charge in [0.1, 0.15) is 0 Å². The number of para-hydroxylation sites is 1. The molecule has 0 spiro atoms. The molecule has 0 saturated carbocycles. The lowest BCUT2D eigenvalue weighted by atomic mass is 9.88. The quantitative estimate of drug-likeness (QED) is 0.822. The predicted octanol–water partition coefficient (Wildman–Crippen LogP) is 2.67. The van der Waals surface area contributed by atoms with Crippen molar-refractivity contribution in [3.05, 3.63) is 29.8 Å². The van der Waals surface area contributed by atoms with Crippen molar-refractivity contribution in [1.82, 2.24) is 0 Å². The molecule has 3 heteroatoms. The third-order valence-electron chi connectivity index (χ3n) is 3.09. The number of hydrogen-bond acceptors (Lipinski definition) is 3. The van der Waals surface area contributed by atoms with Crippen LogP contribution in [-0.4, -0.2) is 26.4 Å². The zero-order valence-electron chi connectivity index (χ0n) is 10.7. The summed E-state index contributed by atoms with van der Waals surface area (Å²) in [4.78, 5) is 0. The summed E-state index contributed by atoms with van der Waals surface area (Å²) in [5, 5.41) is 3.50. The van der Waals surface area contributed by atoms with Crippen LogP contribution in [-0.2, 0) is 16.1 Å². The second-order valence-electron chi connectivity index (χ2n) is 4.95. The highest BCUT2D eigenvalue weighted by Gasteiger charge is 2.33. The van der Waals surface area contributed by atoms with Gasteiger partial charge in [-0.25, -0.2) is 0 Å². The topological polar surface area (TPSA) is 30.5 Å². The van der Waals surface area contributed by atoms with E-state index < -0.39 is 0 Å². The molecule has 0 aromatic heterocycles. The summed E-state index contributed by atoms with van der Waals surface area (Å²) in [5.74, 6) is 0. The molecule has 0 aliphatic carbocycles. The summed E-state index contributed by atoms with van der Waals surface area (Å²) in [6, 6.07) is 8.32. The molecule has 1 aliphatic heterocycles. The molecule has 17 heavy (non-hydrogen) atoms. The SMILES string of the molecule is CCOCc1ccccc1NCC1(C)COC1. The Balaban J connectivity index is 1.94. The molecule has 0 amide bonds. The van der Waals surface area contributed by atoms with E-state index in [1.165, 1.54) is 11.3 Å². The lowest BCUT2D eigenvalue weighted by molar-refractivity contribution is -0.0924. The monoisotopic (exact) mass is 235 g/mol. The fraction of sp³-hybridized carbons (Fsp3) is 0.571. The second kappa shape index (κ2) is 5.52. The number of hydrogen-bond donors (Lipinski definition) is 1. The molecule has 3 nitrogen and oxygen atoms in total. The van der Waals surface area contributed by atoms with E-state index in [4.69, 9.17) is 9.47 Å². The van der Waals surface area contributed by atoms with Crippen molar-refractivity contribution in [1.29, 1.82) is 0 Å². The predicted molar refractivity (Wildman–Crippen MR) is 69.2 cm³/mol. The maximum atomic E-state index is 5.47. The third kappa shape index (κ3) is 3.20. The summed E-state index contributed by atoms with van der Waals surface area (Å²) in [6.45, 7) is 8.35. The van der Waals surface area contributed by atoms with Gasteiger partial charge in [0.2, 0.25) is 0 Å². The third-order valence-corrected chi connectivity index (χ3v) is 3.09. The molecule has 0 unspecified atom stereocenters. The average Bonchev–Trinajstić information content (AvgIpc) is 2.32. The van der Waals surface area contributed by atoms with E-state index in [0.717, 1.165) is 26.4 Å². The van der Waals surface area contributed by atoms with E-state index in [1.807, 2.05) is 13.0 Å². The Kier molecular flexibility index (Phi) is 4.02. The molecule has 1 saturated heterocycles. The number of nitrogens with one attached hydrogen (secondary N) is 1. The van der Waals surface area contributed by atoms with Crippen molar-refractivity contribution in [3.8, 4) is 0 Å². The molecule has 1 heterocycles. The van der Waals surface area contributed by atoms with Crippen LogP contribution in [0.1, 0.15) is 19.4 Å². The maximum Gasteiger partial charge on any atom is 0.0736 e. The van der Waals surface area contributed by atoms with Crippen LogP contribution in [0.3, 0.4) is 0 Å². The van der Waals surface area contributed by atoms with Gasteiger partial charge in [-0.2, -0.15) is 0 Å². The maximum absolute atomic E-state index is 5.47. The smallest absolute Gasteiger partial charge is 0.0736 e. The summed E-state index contributed by atoms with van der Waals surface area (Å²) >= 11 is 0. The lowest BCUT2D eigenvalue weighted by Crippen LogP contribution is -2.45. The first kappa shape index (κ1) is 12.4. The largest absolute Gasteiger partial charge is 0.384 e. The van der Waals surface area contributed by atoms with Gasteiger partial charge in [0, 0.05) is 29.8 Å². The van der Waals surface area contributed by atoms with Gasteiger partial charge in [-0.3, -0.25) is 0 Å². The normalized spacial score (nSPS) is 17.5. The first-order chi connectivity index (χ1) is 8.23. The Bertz CT molecular complexity index is 361. The molecule has 1 fully saturated rings. The van der Waals surface area contributed by atoms with Crippen molar-refractivity contribution < 1.29 is 9.47 Å². The molecule has 2 rings (SSSR count). The van der Waals surface area contributed by atoms with Crippen molar-refractivity contribution in [2.24, 2.45) is 5.41 Å². The zero-order valence-corrected chi connectivity index (χ0v) is 10.7. The molecule has 1 aliphatic rings. The van der Waals surface area contributed by atoms with Crippen molar-refractivity contribution in [2.45, 2.75) is 20.5 Å². The molecule has 1 aromatic carbocycles. The Morgan fingerprint density at radius 1 is 1.35 bits per heavy atom. The Morgan fingerprint density at radius 3 is 2.76 bits per heavy atom. The van der Waals surface area contributed by atoms with E-state index >= 15 is 0 Å². The number of ether oxygens (including phenoxy) is 2. The Labute approximate surface area is 103 Å². The fourth-order valence-electron chi connectivity index (χ4n) is 1.89. The highest BCUT2D eigenvalue weighted by atomic mass is 16.5. The minimum Gasteiger partial charge on any atom is -0.384 e. The summed E-state index contributed by atoms with van der Waals surface area (Å²) in [7, 11) is 0. The highest BCUT2D eigenvalue weighted by Crippen LogP contribution is 2.27. The molecular weight excluding hydrogens is 214 g/mol. The minimum absolute atomic E-state index is 0.290. The second-order valence-corrected chi connectivity index (χ2v) is 4.95. The molecule has 1 N–H and O–H groups in total. The fourth-order valence-corrected chi connectivity index (χ4v) is 1.89. The van der Waals surface area contributed by atoms with Crippen molar-refractivity contribution in [2.75, 3.05) is 31.7 Å². The van der Waals surface area contributed by atoms with Crippen LogP contribution in [0.5, 0.6) is 0 Å². The zero-order chi connectivity index (χ0) is 12.1. The summed E-state index contributed by atoms with van der Waals surface area (Å²) < 4.78 is 10.7. The van der Waals surface area contributed by atoms with Gasteiger partial charge in [0.25, 0.3) is 0 Å². The van der Waals surface area contributed by atoms with Crippen LogP contribution in [0.15, 0.2) is 24.3 Å². The molecular formula is C14H21NO2. The van der Waals surface area contributed by atoms with Gasteiger partial charge in [-0.05, 0) is 13.0 Å². The number of benzene rings is 1. The minimum atomic E-state index is 0.290. The van der Waals surface area contributed by atoms with Gasteiger partial charge in [-0.15, -0.1) is 0 Å². The van der Waals surface area contributed by atoms with E-state index in [-0.39, 0.29) is 0 Å².